The fourth-order valence-electron chi connectivity index (χ4n) is 1.59. The van der Waals surface area contributed by atoms with Gasteiger partial charge >= 0.3 is 0 Å². The van der Waals surface area contributed by atoms with Gasteiger partial charge < -0.3 is 25.6 Å². The van der Waals surface area contributed by atoms with Crippen molar-refractivity contribution in [2.75, 3.05) is 32.9 Å². The van der Waals surface area contributed by atoms with Crippen LogP contribution in [0.5, 0.6) is 0 Å². The molecule has 94 valence electrons. The quantitative estimate of drug-likeness (QED) is 0.390. The molecule has 6 heteroatoms. The zero-order valence-corrected chi connectivity index (χ0v) is 9.32. The lowest BCUT2D eigenvalue weighted by Crippen LogP contribution is -2.40. The van der Waals surface area contributed by atoms with Gasteiger partial charge in [-0.05, 0) is 12.8 Å². The van der Waals surface area contributed by atoms with Crippen LogP contribution < -0.4 is 10.6 Å². The number of carbonyl (C=O) groups is 1. The van der Waals surface area contributed by atoms with Crippen LogP contribution in [0.2, 0.25) is 0 Å². The van der Waals surface area contributed by atoms with Gasteiger partial charge in [-0.3, -0.25) is 4.79 Å². The van der Waals surface area contributed by atoms with E-state index in [1.807, 2.05) is 0 Å². The van der Waals surface area contributed by atoms with Gasteiger partial charge in [0.2, 0.25) is 5.91 Å². The number of rotatable bonds is 7. The maximum Gasteiger partial charge on any atom is 0.237 e. The van der Waals surface area contributed by atoms with E-state index in [2.05, 4.69) is 10.6 Å². The molecule has 0 spiro atoms. The van der Waals surface area contributed by atoms with Gasteiger partial charge in [-0.2, -0.15) is 0 Å². The summed E-state index contributed by atoms with van der Waals surface area (Å²) in [4.78, 5) is 11.5. The molecular weight excluding hydrogens is 212 g/mol. The average molecular weight is 232 g/mol. The van der Waals surface area contributed by atoms with Crippen molar-refractivity contribution in [1.82, 2.24) is 10.6 Å². The van der Waals surface area contributed by atoms with E-state index in [4.69, 9.17) is 9.84 Å². The number of nitrogens with one attached hydrogen (secondary N) is 2. The minimum absolute atomic E-state index is 0.0240. The highest BCUT2D eigenvalue weighted by molar-refractivity contribution is 5.82. The van der Waals surface area contributed by atoms with E-state index in [1.165, 1.54) is 0 Å². The van der Waals surface area contributed by atoms with Gasteiger partial charge in [0.05, 0.1) is 25.4 Å². The summed E-state index contributed by atoms with van der Waals surface area (Å²) in [6, 6.07) is -0.270. The topological polar surface area (TPSA) is 90.8 Å². The molecule has 0 aromatic carbocycles. The summed E-state index contributed by atoms with van der Waals surface area (Å²) in [5.41, 5.74) is 0. The molecule has 1 aliphatic heterocycles. The summed E-state index contributed by atoms with van der Waals surface area (Å²) in [6.07, 6.45) is 0.789. The molecule has 1 fully saturated rings. The van der Waals surface area contributed by atoms with Crippen molar-refractivity contribution >= 4 is 5.91 Å². The first-order chi connectivity index (χ1) is 7.74. The average Bonchev–Trinajstić information content (AvgIpc) is 2.70. The van der Waals surface area contributed by atoms with Crippen molar-refractivity contribution in [3.05, 3.63) is 0 Å². The maximum atomic E-state index is 11.5. The molecule has 0 aromatic heterocycles. The van der Waals surface area contributed by atoms with Gasteiger partial charge in [-0.1, -0.05) is 0 Å². The van der Waals surface area contributed by atoms with Gasteiger partial charge in [-0.15, -0.1) is 0 Å². The molecule has 6 nitrogen and oxygen atoms in total. The third-order valence-corrected chi connectivity index (χ3v) is 2.42. The Bertz CT molecular complexity index is 213. The van der Waals surface area contributed by atoms with E-state index < -0.39 is 6.10 Å². The largest absolute Gasteiger partial charge is 0.394 e. The molecule has 0 radical (unpaired) electrons. The Hall–Kier alpha value is -0.690. The molecule has 2 atom stereocenters. The van der Waals surface area contributed by atoms with Crippen molar-refractivity contribution in [3.8, 4) is 0 Å². The molecule has 1 heterocycles. The second-order valence-corrected chi connectivity index (χ2v) is 3.83. The zero-order valence-electron chi connectivity index (χ0n) is 9.32. The molecule has 2 unspecified atom stereocenters. The first kappa shape index (κ1) is 13.4. The Morgan fingerprint density at radius 1 is 1.50 bits per heavy atom. The van der Waals surface area contributed by atoms with E-state index >= 15 is 0 Å². The fraction of sp³-hybridized carbons (Fsp3) is 0.900. The van der Waals surface area contributed by atoms with Crippen LogP contribution in [0, 0.1) is 0 Å². The Labute approximate surface area is 95.0 Å². The van der Waals surface area contributed by atoms with Crippen LogP contribution in [0.15, 0.2) is 0 Å². The number of ether oxygens (including phenoxy) is 1. The minimum atomic E-state index is -0.413. The van der Waals surface area contributed by atoms with Crippen LogP contribution >= 0.6 is 0 Å². The molecule has 1 amide bonds. The molecule has 4 N–H and O–H groups in total. The van der Waals surface area contributed by atoms with Crippen LogP contribution in [-0.4, -0.2) is 61.2 Å². The smallest absolute Gasteiger partial charge is 0.237 e. The van der Waals surface area contributed by atoms with Crippen molar-refractivity contribution < 1.29 is 19.7 Å². The third-order valence-electron chi connectivity index (χ3n) is 2.42. The summed E-state index contributed by atoms with van der Waals surface area (Å²) < 4.78 is 5.05. The molecule has 1 rings (SSSR count). The minimum Gasteiger partial charge on any atom is -0.394 e. The van der Waals surface area contributed by atoms with E-state index in [0.717, 1.165) is 6.42 Å². The van der Waals surface area contributed by atoms with Gasteiger partial charge in [-0.25, -0.2) is 0 Å². The van der Waals surface area contributed by atoms with Crippen LogP contribution in [0.25, 0.3) is 0 Å². The molecule has 0 saturated carbocycles. The molecule has 0 aromatic rings. The zero-order chi connectivity index (χ0) is 11.8. The lowest BCUT2D eigenvalue weighted by Gasteiger charge is -2.10. The molecule has 1 aliphatic rings. The number of hydrogen-bond acceptors (Lipinski definition) is 5. The highest BCUT2D eigenvalue weighted by Gasteiger charge is 2.27. The van der Waals surface area contributed by atoms with Crippen LogP contribution in [0.4, 0.5) is 0 Å². The summed E-state index contributed by atoms with van der Waals surface area (Å²) in [6.45, 7) is 1.93. The normalized spacial score (nSPS) is 24.6. The monoisotopic (exact) mass is 232 g/mol. The predicted molar refractivity (Wildman–Crippen MR) is 57.9 cm³/mol. The second kappa shape index (κ2) is 7.56. The lowest BCUT2D eigenvalue weighted by molar-refractivity contribution is -0.122. The summed E-state index contributed by atoms with van der Waals surface area (Å²) in [5.74, 6) is -0.0706. The Balaban J connectivity index is 1.98. The van der Waals surface area contributed by atoms with Crippen molar-refractivity contribution in [2.24, 2.45) is 0 Å². The van der Waals surface area contributed by atoms with Gasteiger partial charge in [0.25, 0.3) is 0 Å². The van der Waals surface area contributed by atoms with Crippen LogP contribution in [0.1, 0.15) is 12.8 Å². The Morgan fingerprint density at radius 3 is 2.94 bits per heavy atom. The first-order valence-corrected chi connectivity index (χ1v) is 5.62. The summed E-state index contributed by atoms with van der Waals surface area (Å²) >= 11 is 0. The number of β-amino-alcohol motifs (C(OH)–C–C–N with tert-alkyl or cyclic N) is 1. The highest BCUT2D eigenvalue weighted by Crippen LogP contribution is 2.05. The number of amides is 1. The lowest BCUT2D eigenvalue weighted by atomic mass is 10.2. The molecular formula is C10H20N2O4. The SMILES string of the molecule is O=C(NCCCOCCO)C1CC(O)CN1. The van der Waals surface area contributed by atoms with Gasteiger partial charge in [0, 0.05) is 19.7 Å². The summed E-state index contributed by atoms with van der Waals surface area (Å²) in [5, 5.41) is 23.4. The van der Waals surface area contributed by atoms with Crippen molar-refractivity contribution in [1.29, 1.82) is 0 Å². The van der Waals surface area contributed by atoms with Crippen molar-refractivity contribution in [2.45, 2.75) is 25.0 Å². The van der Waals surface area contributed by atoms with E-state index in [9.17, 15) is 9.90 Å². The maximum absolute atomic E-state index is 11.5. The van der Waals surface area contributed by atoms with E-state index in [-0.39, 0.29) is 18.6 Å². The highest BCUT2D eigenvalue weighted by atomic mass is 16.5. The summed E-state index contributed by atoms with van der Waals surface area (Å²) in [7, 11) is 0. The van der Waals surface area contributed by atoms with E-state index in [0.29, 0.717) is 32.7 Å². The number of hydrogen-bond donors (Lipinski definition) is 4. The molecule has 1 saturated heterocycles. The van der Waals surface area contributed by atoms with Crippen molar-refractivity contribution in [3.63, 3.8) is 0 Å². The van der Waals surface area contributed by atoms with E-state index in [1.54, 1.807) is 0 Å². The molecule has 16 heavy (non-hydrogen) atoms. The Kier molecular flexibility index (Phi) is 6.32. The predicted octanol–water partition coefficient (Wildman–Crippen LogP) is -1.78. The second-order valence-electron chi connectivity index (χ2n) is 3.83. The number of aliphatic hydroxyl groups is 2. The standard InChI is InChI=1S/C10H20N2O4/c13-3-5-16-4-1-2-11-10(15)9-6-8(14)7-12-9/h8-9,12-14H,1-7H2,(H,11,15). The number of aliphatic hydroxyl groups excluding tert-OH is 2. The Morgan fingerprint density at radius 2 is 2.31 bits per heavy atom. The molecule has 0 bridgehead atoms. The molecule has 0 aliphatic carbocycles. The van der Waals surface area contributed by atoms with Crippen LogP contribution in [-0.2, 0) is 9.53 Å². The first-order valence-electron chi connectivity index (χ1n) is 5.62. The third kappa shape index (κ3) is 4.89. The number of carbonyl (C=O) groups excluding carboxylic acids is 1. The van der Waals surface area contributed by atoms with Crippen LogP contribution in [0.3, 0.4) is 0 Å². The van der Waals surface area contributed by atoms with Gasteiger partial charge in [0.15, 0.2) is 0 Å². The fourth-order valence-corrected chi connectivity index (χ4v) is 1.59. The van der Waals surface area contributed by atoms with Gasteiger partial charge in [0.1, 0.15) is 0 Å².